The molecule has 0 aromatic heterocycles. The molecular weight excluding hydrogens is 244 g/mol. The van der Waals surface area contributed by atoms with Gasteiger partial charge in [0.2, 0.25) is 5.91 Å². The Labute approximate surface area is 113 Å². The third-order valence-corrected chi connectivity index (χ3v) is 3.04. The number of rotatable bonds is 7. The average Bonchev–Trinajstić information content (AvgIpc) is 2.69. The van der Waals surface area contributed by atoms with Crippen molar-refractivity contribution in [1.82, 2.24) is 0 Å². The van der Waals surface area contributed by atoms with E-state index >= 15 is 0 Å². The molecule has 1 aliphatic rings. The molecule has 0 saturated carbocycles. The van der Waals surface area contributed by atoms with E-state index in [-0.39, 0.29) is 5.91 Å². The smallest absolute Gasteiger partial charge is 0.245 e. The Balaban J connectivity index is 1.80. The zero-order valence-corrected chi connectivity index (χ0v) is 11.1. The first-order chi connectivity index (χ1) is 9.22. The second kappa shape index (κ2) is 6.54. The number of nitrogens with one attached hydrogen (secondary N) is 1. The number of hydrogen-bond donors (Lipinski definition) is 2. The Morgan fingerprint density at radius 2 is 2.16 bits per heavy atom. The quantitative estimate of drug-likeness (QED) is 0.737. The van der Waals surface area contributed by atoms with Gasteiger partial charge in [-0.3, -0.25) is 4.79 Å². The third-order valence-electron chi connectivity index (χ3n) is 3.04. The van der Waals surface area contributed by atoms with E-state index < -0.39 is 6.04 Å². The first-order valence-corrected chi connectivity index (χ1v) is 6.63. The Kier molecular flexibility index (Phi) is 4.76. The molecule has 1 heterocycles. The van der Waals surface area contributed by atoms with Crippen LogP contribution < -0.4 is 15.8 Å². The molecule has 1 aromatic carbocycles. The lowest BCUT2D eigenvalue weighted by Crippen LogP contribution is -2.19. The van der Waals surface area contributed by atoms with E-state index in [1.54, 1.807) is 6.07 Å². The van der Waals surface area contributed by atoms with Gasteiger partial charge in [0.05, 0.1) is 6.61 Å². The zero-order chi connectivity index (χ0) is 13.7. The highest BCUT2D eigenvalue weighted by atomic mass is 16.5. The number of amides is 1. The summed E-state index contributed by atoms with van der Waals surface area (Å²) in [7, 11) is 0. The minimum absolute atomic E-state index is 0.171. The van der Waals surface area contributed by atoms with Crippen molar-refractivity contribution in [3.63, 3.8) is 0 Å². The number of hydrogen-bond acceptors (Lipinski definition) is 4. The second-order valence-corrected chi connectivity index (χ2v) is 4.53. The van der Waals surface area contributed by atoms with E-state index in [1.165, 1.54) is 0 Å². The van der Waals surface area contributed by atoms with Gasteiger partial charge in [-0.05, 0) is 12.5 Å². The molecule has 0 radical (unpaired) electrons. The molecule has 1 aromatic rings. The third kappa shape index (κ3) is 3.45. The lowest BCUT2D eigenvalue weighted by atomic mass is 10.1. The maximum atomic E-state index is 11.4. The van der Waals surface area contributed by atoms with E-state index in [0.717, 1.165) is 30.7 Å². The molecule has 0 spiro atoms. The minimum atomic E-state index is -0.568. The summed E-state index contributed by atoms with van der Waals surface area (Å²) >= 11 is 0. The van der Waals surface area contributed by atoms with Crippen molar-refractivity contribution in [2.45, 2.75) is 25.8 Å². The van der Waals surface area contributed by atoms with E-state index in [4.69, 9.17) is 15.2 Å². The molecule has 5 heteroatoms. The molecule has 5 nitrogen and oxygen atoms in total. The summed E-state index contributed by atoms with van der Waals surface area (Å²) in [6.45, 7) is 3.98. The summed E-state index contributed by atoms with van der Waals surface area (Å²) in [5.41, 5.74) is 7.29. The number of unbranched alkanes of at least 4 members (excludes halogenated alkanes) is 1. The highest BCUT2D eigenvalue weighted by Crippen LogP contribution is 2.32. The Hall–Kier alpha value is -1.59. The number of ether oxygens (including phenoxy) is 2. The van der Waals surface area contributed by atoms with Crippen LogP contribution in [0, 0.1) is 0 Å². The van der Waals surface area contributed by atoms with Gasteiger partial charge in [0.25, 0.3) is 0 Å². The van der Waals surface area contributed by atoms with E-state index in [0.29, 0.717) is 19.0 Å². The summed E-state index contributed by atoms with van der Waals surface area (Å²) < 4.78 is 11.0. The topological polar surface area (TPSA) is 73.6 Å². The standard InChI is InChI=1S/C14H20N2O3/c1-2-3-6-18-7-8-19-10-4-5-11-12(9-10)16-14(17)13(11)15/h4-5,9,13H,2-3,6-8,15H2,1H3,(H,16,17). The number of carbonyl (C=O) groups is 1. The number of anilines is 1. The Morgan fingerprint density at radius 3 is 2.95 bits per heavy atom. The predicted octanol–water partition coefficient (Wildman–Crippen LogP) is 1.83. The van der Waals surface area contributed by atoms with E-state index in [9.17, 15) is 4.79 Å². The van der Waals surface area contributed by atoms with Gasteiger partial charge in [-0.2, -0.15) is 0 Å². The number of benzene rings is 1. The molecule has 3 N–H and O–H groups in total. The normalized spacial score (nSPS) is 17.2. The summed E-state index contributed by atoms with van der Waals surface area (Å²) in [4.78, 5) is 11.4. The van der Waals surface area contributed by atoms with Crippen LogP contribution in [-0.2, 0) is 9.53 Å². The first kappa shape index (κ1) is 13.8. The Morgan fingerprint density at radius 1 is 1.32 bits per heavy atom. The van der Waals surface area contributed by atoms with Crippen LogP contribution in [-0.4, -0.2) is 25.7 Å². The molecule has 1 atom stereocenters. The van der Waals surface area contributed by atoms with Gasteiger partial charge in [0.1, 0.15) is 18.4 Å². The maximum Gasteiger partial charge on any atom is 0.245 e. The molecule has 0 aliphatic carbocycles. The van der Waals surface area contributed by atoms with Crippen LogP contribution in [0.5, 0.6) is 5.75 Å². The monoisotopic (exact) mass is 264 g/mol. The fourth-order valence-corrected chi connectivity index (χ4v) is 1.92. The summed E-state index contributed by atoms with van der Waals surface area (Å²) in [6, 6.07) is 4.88. The van der Waals surface area contributed by atoms with Gasteiger partial charge in [0, 0.05) is 23.9 Å². The van der Waals surface area contributed by atoms with Crippen LogP contribution in [0.3, 0.4) is 0 Å². The Bertz CT molecular complexity index is 448. The van der Waals surface area contributed by atoms with Crippen molar-refractivity contribution >= 4 is 11.6 Å². The molecule has 104 valence electrons. The predicted molar refractivity (Wildman–Crippen MR) is 73.2 cm³/mol. The van der Waals surface area contributed by atoms with Crippen molar-refractivity contribution in [3.8, 4) is 5.75 Å². The number of carbonyl (C=O) groups excluding carboxylic acids is 1. The number of fused-ring (bicyclic) bond motifs is 1. The van der Waals surface area contributed by atoms with Crippen molar-refractivity contribution in [2.75, 3.05) is 25.1 Å². The fourth-order valence-electron chi connectivity index (χ4n) is 1.92. The second-order valence-electron chi connectivity index (χ2n) is 4.53. The number of nitrogens with two attached hydrogens (primary N) is 1. The zero-order valence-electron chi connectivity index (χ0n) is 11.1. The van der Waals surface area contributed by atoms with E-state index in [2.05, 4.69) is 12.2 Å². The van der Waals surface area contributed by atoms with Gasteiger partial charge >= 0.3 is 0 Å². The van der Waals surface area contributed by atoms with Crippen LogP contribution in [0.25, 0.3) is 0 Å². The molecule has 0 fully saturated rings. The van der Waals surface area contributed by atoms with E-state index in [1.807, 2.05) is 12.1 Å². The van der Waals surface area contributed by atoms with Crippen molar-refractivity contribution in [1.29, 1.82) is 0 Å². The first-order valence-electron chi connectivity index (χ1n) is 6.63. The molecule has 19 heavy (non-hydrogen) atoms. The molecule has 0 bridgehead atoms. The highest BCUT2D eigenvalue weighted by Gasteiger charge is 2.27. The summed E-state index contributed by atoms with van der Waals surface area (Å²) in [6.07, 6.45) is 2.20. The largest absolute Gasteiger partial charge is 0.491 e. The molecular formula is C14H20N2O3. The molecule has 1 unspecified atom stereocenters. The van der Waals surface area contributed by atoms with Crippen LogP contribution in [0.4, 0.5) is 5.69 Å². The van der Waals surface area contributed by atoms with Crippen LogP contribution in [0.2, 0.25) is 0 Å². The van der Waals surface area contributed by atoms with Crippen LogP contribution in [0.1, 0.15) is 31.4 Å². The summed E-state index contributed by atoms with van der Waals surface area (Å²) in [5.74, 6) is 0.544. The van der Waals surface area contributed by atoms with Crippen molar-refractivity contribution in [3.05, 3.63) is 23.8 Å². The van der Waals surface area contributed by atoms with Crippen molar-refractivity contribution < 1.29 is 14.3 Å². The van der Waals surface area contributed by atoms with Gasteiger partial charge in [-0.1, -0.05) is 19.4 Å². The molecule has 2 rings (SSSR count). The molecule has 1 amide bonds. The minimum Gasteiger partial charge on any atom is -0.491 e. The summed E-state index contributed by atoms with van der Waals surface area (Å²) in [5, 5.41) is 2.73. The van der Waals surface area contributed by atoms with Crippen LogP contribution in [0.15, 0.2) is 18.2 Å². The maximum absolute atomic E-state index is 11.4. The average molecular weight is 264 g/mol. The van der Waals surface area contributed by atoms with Gasteiger partial charge in [-0.25, -0.2) is 0 Å². The lowest BCUT2D eigenvalue weighted by Gasteiger charge is -2.08. The van der Waals surface area contributed by atoms with Gasteiger partial charge in [-0.15, -0.1) is 0 Å². The fraction of sp³-hybridized carbons (Fsp3) is 0.500. The lowest BCUT2D eigenvalue weighted by molar-refractivity contribution is -0.116. The molecule has 1 aliphatic heterocycles. The van der Waals surface area contributed by atoms with Crippen molar-refractivity contribution in [2.24, 2.45) is 5.73 Å². The SMILES string of the molecule is CCCCOCCOc1ccc2c(c1)NC(=O)C2N. The van der Waals surface area contributed by atoms with Gasteiger partial charge < -0.3 is 20.5 Å². The highest BCUT2D eigenvalue weighted by molar-refractivity contribution is 6.02. The molecule has 0 saturated heterocycles. The van der Waals surface area contributed by atoms with Gasteiger partial charge in [0.15, 0.2) is 0 Å². The van der Waals surface area contributed by atoms with Crippen LogP contribution >= 0.6 is 0 Å².